The van der Waals surface area contributed by atoms with Crippen LogP contribution >= 0.6 is 0 Å². The third-order valence-electron chi connectivity index (χ3n) is 4.11. The monoisotopic (exact) mass is 285 g/mol. The zero-order valence-electron chi connectivity index (χ0n) is 12.8. The van der Waals surface area contributed by atoms with Gasteiger partial charge in [-0.15, -0.1) is 0 Å². The minimum atomic E-state index is 0.664. The highest BCUT2D eigenvalue weighted by Crippen LogP contribution is 2.23. The molecule has 0 spiro atoms. The minimum absolute atomic E-state index is 0.664. The van der Waals surface area contributed by atoms with E-state index in [2.05, 4.69) is 38.6 Å². The molecule has 1 aromatic heterocycles. The summed E-state index contributed by atoms with van der Waals surface area (Å²) in [6, 6.07) is 8.14. The molecule has 1 saturated heterocycles. The molecule has 1 fully saturated rings. The third-order valence-corrected chi connectivity index (χ3v) is 4.11. The molecule has 2 heterocycles. The second-order valence-electron chi connectivity index (χ2n) is 5.81. The number of hydrogen-bond acceptors (Lipinski definition) is 5. The fourth-order valence-electron chi connectivity index (χ4n) is 3.00. The molecule has 0 radical (unpaired) electrons. The fraction of sp³-hybridized carbons (Fsp3) is 0.500. The molecule has 3 rings (SSSR count). The van der Waals surface area contributed by atoms with Crippen molar-refractivity contribution in [2.24, 2.45) is 5.92 Å². The molecule has 112 valence electrons. The molecule has 1 unspecified atom stereocenters. The molecule has 5 heteroatoms. The van der Waals surface area contributed by atoms with E-state index in [4.69, 9.17) is 0 Å². The van der Waals surface area contributed by atoms with E-state index in [1.165, 1.54) is 19.4 Å². The number of nitrogens with zero attached hydrogens (tertiary/aromatic N) is 3. The number of piperidine rings is 1. The van der Waals surface area contributed by atoms with Gasteiger partial charge in [0.1, 0.15) is 5.82 Å². The van der Waals surface area contributed by atoms with Crippen molar-refractivity contribution >= 4 is 22.7 Å². The molecule has 5 nitrogen and oxygen atoms in total. The SMILES string of the molecule is CNc1nc(NCC2CCCN(C)C2)c2ccccc2n1. The van der Waals surface area contributed by atoms with Crippen LogP contribution < -0.4 is 10.6 Å². The van der Waals surface area contributed by atoms with Gasteiger partial charge in [0, 0.05) is 25.5 Å². The van der Waals surface area contributed by atoms with Crippen molar-refractivity contribution in [2.75, 3.05) is 44.4 Å². The standard InChI is InChI=1S/C16H23N5/c1-17-16-19-14-8-4-3-7-13(14)15(20-16)18-10-12-6-5-9-21(2)11-12/h3-4,7-8,12H,5-6,9-11H2,1-2H3,(H2,17,18,19,20). The van der Waals surface area contributed by atoms with Crippen molar-refractivity contribution < 1.29 is 0 Å². The first-order chi connectivity index (χ1) is 10.3. The molecule has 2 aromatic rings. The Morgan fingerprint density at radius 1 is 1.29 bits per heavy atom. The van der Waals surface area contributed by atoms with Gasteiger partial charge >= 0.3 is 0 Å². The maximum absolute atomic E-state index is 4.58. The van der Waals surface area contributed by atoms with Gasteiger partial charge in [-0.1, -0.05) is 12.1 Å². The van der Waals surface area contributed by atoms with Gasteiger partial charge < -0.3 is 15.5 Å². The summed E-state index contributed by atoms with van der Waals surface area (Å²) in [6.45, 7) is 3.35. The summed E-state index contributed by atoms with van der Waals surface area (Å²) in [4.78, 5) is 11.5. The molecular formula is C16H23N5. The lowest BCUT2D eigenvalue weighted by Crippen LogP contribution is -2.35. The number of fused-ring (bicyclic) bond motifs is 1. The van der Waals surface area contributed by atoms with E-state index >= 15 is 0 Å². The molecule has 1 atom stereocenters. The quantitative estimate of drug-likeness (QED) is 0.903. The molecule has 0 amide bonds. The topological polar surface area (TPSA) is 53.1 Å². The summed E-state index contributed by atoms with van der Waals surface area (Å²) < 4.78 is 0. The van der Waals surface area contributed by atoms with Gasteiger partial charge in [0.05, 0.1) is 5.52 Å². The Morgan fingerprint density at radius 2 is 2.14 bits per heavy atom. The summed E-state index contributed by atoms with van der Waals surface area (Å²) >= 11 is 0. The van der Waals surface area contributed by atoms with Crippen molar-refractivity contribution in [1.82, 2.24) is 14.9 Å². The van der Waals surface area contributed by atoms with Gasteiger partial charge in [-0.05, 0) is 44.5 Å². The lowest BCUT2D eigenvalue weighted by atomic mass is 9.98. The van der Waals surface area contributed by atoms with E-state index < -0.39 is 0 Å². The first-order valence-electron chi connectivity index (χ1n) is 7.63. The predicted octanol–water partition coefficient (Wildman–Crippen LogP) is 2.43. The summed E-state index contributed by atoms with van der Waals surface area (Å²) in [5.74, 6) is 2.28. The van der Waals surface area contributed by atoms with E-state index in [0.29, 0.717) is 11.9 Å². The van der Waals surface area contributed by atoms with Crippen LogP contribution in [0.4, 0.5) is 11.8 Å². The van der Waals surface area contributed by atoms with Crippen LogP contribution in [0, 0.1) is 5.92 Å². The van der Waals surface area contributed by atoms with Crippen molar-refractivity contribution in [1.29, 1.82) is 0 Å². The predicted molar refractivity (Wildman–Crippen MR) is 87.8 cm³/mol. The van der Waals surface area contributed by atoms with Gasteiger partial charge in [-0.2, -0.15) is 4.98 Å². The lowest BCUT2D eigenvalue weighted by Gasteiger charge is -2.29. The zero-order chi connectivity index (χ0) is 14.7. The van der Waals surface area contributed by atoms with Gasteiger partial charge in [-0.25, -0.2) is 4.98 Å². The Morgan fingerprint density at radius 3 is 2.95 bits per heavy atom. The highest BCUT2D eigenvalue weighted by molar-refractivity contribution is 5.89. The van der Waals surface area contributed by atoms with Crippen LogP contribution in [-0.4, -0.2) is 48.6 Å². The molecule has 0 aliphatic carbocycles. The van der Waals surface area contributed by atoms with E-state index in [0.717, 1.165) is 29.8 Å². The summed E-state index contributed by atoms with van der Waals surface area (Å²) in [6.07, 6.45) is 2.58. The van der Waals surface area contributed by atoms with E-state index in [-0.39, 0.29) is 0 Å². The Balaban J connectivity index is 1.79. The van der Waals surface area contributed by atoms with Crippen LogP contribution in [0.5, 0.6) is 0 Å². The minimum Gasteiger partial charge on any atom is -0.369 e. The average molecular weight is 285 g/mol. The molecule has 0 saturated carbocycles. The number of hydrogen-bond donors (Lipinski definition) is 2. The Kier molecular flexibility index (Phi) is 4.20. The molecule has 21 heavy (non-hydrogen) atoms. The maximum atomic E-state index is 4.58. The number of nitrogens with one attached hydrogen (secondary N) is 2. The fourth-order valence-corrected chi connectivity index (χ4v) is 3.00. The molecular weight excluding hydrogens is 262 g/mol. The molecule has 1 aromatic carbocycles. The second-order valence-corrected chi connectivity index (χ2v) is 5.81. The van der Waals surface area contributed by atoms with Gasteiger partial charge in [0.2, 0.25) is 5.95 Å². The number of anilines is 2. The normalized spacial score (nSPS) is 19.6. The highest BCUT2D eigenvalue weighted by Gasteiger charge is 2.17. The van der Waals surface area contributed by atoms with Crippen LogP contribution in [0.1, 0.15) is 12.8 Å². The maximum Gasteiger partial charge on any atom is 0.224 e. The lowest BCUT2D eigenvalue weighted by molar-refractivity contribution is 0.217. The van der Waals surface area contributed by atoms with Crippen LogP contribution in [-0.2, 0) is 0 Å². The Bertz CT molecular complexity index is 613. The Hall–Kier alpha value is -1.88. The van der Waals surface area contributed by atoms with Crippen LogP contribution in [0.3, 0.4) is 0 Å². The van der Waals surface area contributed by atoms with Crippen molar-refractivity contribution in [3.8, 4) is 0 Å². The van der Waals surface area contributed by atoms with Gasteiger partial charge in [-0.3, -0.25) is 0 Å². The first-order valence-corrected chi connectivity index (χ1v) is 7.63. The average Bonchev–Trinajstić information content (AvgIpc) is 2.52. The number of likely N-dealkylation sites (tertiary alicyclic amines) is 1. The summed E-state index contributed by atoms with van der Waals surface area (Å²) in [5.41, 5.74) is 0.972. The molecule has 1 aliphatic heterocycles. The Labute approximate surface area is 125 Å². The van der Waals surface area contributed by atoms with E-state index in [1.807, 2.05) is 25.2 Å². The first kappa shape index (κ1) is 14.1. The number of benzene rings is 1. The second kappa shape index (κ2) is 6.26. The summed E-state index contributed by atoms with van der Waals surface area (Å²) in [7, 11) is 4.05. The van der Waals surface area contributed by atoms with Gasteiger partial charge in [0.25, 0.3) is 0 Å². The number of aromatic nitrogens is 2. The molecule has 2 N–H and O–H groups in total. The smallest absolute Gasteiger partial charge is 0.224 e. The molecule has 1 aliphatic rings. The third kappa shape index (κ3) is 3.24. The largest absolute Gasteiger partial charge is 0.369 e. The van der Waals surface area contributed by atoms with Crippen LogP contribution in [0.15, 0.2) is 24.3 Å². The van der Waals surface area contributed by atoms with E-state index in [9.17, 15) is 0 Å². The highest BCUT2D eigenvalue weighted by atomic mass is 15.1. The number of para-hydroxylation sites is 1. The van der Waals surface area contributed by atoms with Gasteiger partial charge in [0.15, 0.2) is 0 Å². The summed E-state index contributed by atoms with van der Waals surface area (Å²) in [5, 5.41) is 7.65. The number of rotatable bonds is 4. The van der Waals surface area contributed by atoms with Crippen molar-refractivity contribution in [3.63, 3.8) is 0 Å². The van der Waals surface area contributed by atoms with Crippen LogP contribution in [0.25, 0.3) is 10.9 Å². The molecule has 0 bridgehead atoms. The zero-order valence-corrected chi connectivity index (χ0v) is 12.8. The van der Waals surface area contributed by atoms with Crippen LogP contribution in [0.2, 0.25) is 0 Å². The van der Waals surface area contributed by atoms with Crippen molar-refractivity contribution in [2.45, 2.75) is 12.8 Å². The van der Waals surface area contributed by atoms with E-state index in [1.54, 1.807) is 0 Å². The van der Waals surface area contributed by atoms with Crippen molar-refractivity contribution in [3.05, 3.63) is 24.3 Å².